The quantitative estimate of drug-likeness (QED) is 0.578. The predicted molar refractivity (Wildman–Crippen MR) is 71.9 cm³/mol. The fourth-order valence-corrected chi connectivity index (χ4v) is 2.34. The van der Waals surface area contributed by atoms with Crippen LogP contribution in [0.5, 0.6) is 0 Å². The molecule has 0 saturated carbocycles. The maximum atomic E-state index is 5.62. The van der Waals surface area contributed by atoms with E-state index in [2.05, 4.69) is 33.0 Å². The lowest BCUT2D eigenvalue weighted by Gasteiger charge is -2.29. The third-order valence-corrected chi connectivity index (χ3v) is 3.16. The van der Waals surface area contributed by atoms with Crippen molar-refractivity contribution in [2.24, 2.45) is 5.92 Å². The zero-order valence-corrected chi connectivity index (χ0v) is 11.9. The van der Waals surface area contributed by atoms with Gasteiger partial charge in [0, 0.05) is 13.2 Å². The number of unbranched alkanes of at least 4 members (excludes halogenated alkanes) is 3. The minimum Gasteiger partial charge on any atom is -0.380 e. The van der Waals surface area contributed by atoms with Crippen molar-refractivity contribution in [3.8, 4) is 0 Å². The molecular formula is C14H31NO. The van der Waals surface area contributed by atoms with Crippen LogP contribution in [0.15, 0.2) is 0 Å². The van der Waals surface area contributed by atoms with Gasteiger partial charge in [-0.05, 0) is 18.9 Å². The minimum absolute atomic E-state index is 0.349. The first kappa shape index (κ1) is 15.9. The number of rotatable bonds is 10. The Labute approximate surface area is 102 Å². The van der Waals surface area contributed by atoms with Gasteiger partial charge < -0.3 is 10.1 Å². The van der Waals surface area contributed by atoms with Crippen LogP contribution in [0.2, 0.25) is 0 Å². The van der Waals surface area contributed by atoms with Crippen LogP contribution in [0.4, 0.5) is 0 Å². The van der Waals surface area contributed by atoms with Gasteiger partial charge in [-0.15, -0.1) is 0 Å². The molecule has 0 radical (unpaired) electrons. The number of nitrogens with one attached hydrogen (secondary N) is 1. The summed E-state index contributed by atoms with van der Waals surface area (Å²) in [6, 6.07) is 0.520. The number of hydrogen-bond acceptors (Lipinski definition) is 2. The summed E-state index contributed by atoms with van der Waals surface area (Å²) < 4.78 is 5.62. The van der Waals surface area contributed by atoms with Gasteiger partial charge in [0.2, 0.25) is 0 Å². The molecule has 0 aliphatic carbocycles. The van der Waals surface area contributed by atoms with Crippen LogP contribution in [0.25, 0.3) is 0 Å². The van der Waals surface area contributed by atoms with E-state index < -0.39 is 0 Å². The lowest BCUT2D eigenvalue weighted by molar-refractivity contribution is 0.0304. The van der Waals surface area contributed by atoms with Gasteiger partial charge in [0.25, 0.3) is 0 Å². The topological polar surface area (TPSA) is 21.3 Å². The van der Waals surface area contributed by atoms with Crippen LogP contribution < -0.4 is 5.32 Å². The highest BCUT2D eigenvalue weighted by molar-refractivity contribution is 4.79. The molecular weight excluding hydrogens is 198 g/mol. The number of likely N-dealkylation sites (N-methyl/N-ethyl adjacent to an activating group) is 1. The van der Waals surface area contributed by atoms with E-state index in [1.54, 1.807) is 0 Å². The Kier molecular flexibility index (Phi) is 10.0. The standard InChI is InChI=1S/C14H31NO/c1-6-8-9-10-11-13(15-7-2)14(16-5)12(3)4/h12-15H,6-11H2,1-5H3. The Morgan fingerprint density at radius 2 is 1.75 bits per heavy atom. The summed E-state index contributed by atoms with van der Waals surface area (Å²) in [7, 11) is 1.83. The first-order valence-corrected chi connectivity index (χ1v) is 6.93. The second-order valence-electron chi connectivity index (χ2n) is 4.96. The molecule has 0 aromatic heterocycles. The lowest BCUT2D eigenvalue weighted by Crippen LogP contribution is -2.43. The first-order valence-electron chi connectivity index (χ1n) is 6.93. The van der Waals surface area contributed by atoms with Gasteiger partial charge in [-0.1, -0.05) is 53.4 Å². The van der Waals surface area contributed by atoms with E-state index in [1.807, 2.05) is 7.11 Å². The summed E-state index contributed by atoms with van der Waals surface area (Å²) in [6.07, 6.45) is 6.93. The van der Waals surface area contributed by atoms with E-state index in [0.29, 0.717) is 18.1 Å². The Bertz CT molecular complexity index is 148. The van der Waals surface area contributed by atoms with E-state index in [4.69, 9.17) is 4.74 Å². The summed E-state index contributed by atoms with van der Waals surface area (Å²) in [5.74, 6) is 0.584. The molecule has 16 heavy (non-hydrogen) atoms. The van der Waals surface area contributed by atoms with Crippen molar-refractivity contribution in [1.29, 1.82) is 0 Å². The van der Waals surface area contributed by atoms with Crippen LogP contribution in [0.1, 0.15) is 59.8 Å². The van der Waals surface area contributed by atoms with Gasteiger partial charge >= 0.3 is 0 Å². The number of ether oxygens (including phenoxy) is 1. The van der Waals surface area contributed by atoms with Gasteiger partial charge in [-0.25, -0.2) is 0 Å². The minimum atomic E-state index is 0.349. The molecule has 0 spiro atoms. The van der Waals surface area contributed by atoms with E-state index >= 15 is 0 Å². The molecule has 0 amide bonds. The molecule has 98 valence electrons. The molecule has 0 fully saturated rings. The van der Waals surface area contributed by atoms with Crippen molar-refractivity contribution in [2.75, 3.05) is 13.7 Å². The van der Waals surface area contributed by atoms with Crippen LogP contribution in [0, 0.1) is 5.92 Å². The van der Waals surface area contributed by atoms with Crippen molar-refractivity contribution in [2.45, 2.75) is 71.9 Å². The van der Waals surface area contributed by atoms with Crippen molar-refractivity contribution >= 4 is 0 Å². The lowest BCUT2D eigenvalue weighted by atomic mass is 9.94. The molecule has 0 saturated heterocycles. The number of methoxy groups -OCH3 is 1. The monoisotopic (exact) mass is 229 g/mol. The van der Waals surface area contributed by atoms with Crippen LogP contribution in [-0.2, 0) is 4.74 Å². The maximum absolute atomic E-state index is 5.62. The molecule has 0 rings (SSSR count). The molecule has 2 unspecified atom stereocenters. The SMILES string of the molecule is CCCCCCC(NCC)C(OC)C(C)C. The molecule has 0 aliphatic rings. The van der Waals surface area contributed by atoms with Crippen LogP contribution in [0.3, 0.4) is 0 Å². The molecule has 1 N–H and O–H groups in total. The molecule has 2 nitrogen and oxygen atoms in total. The maximum Gasteiger partial charge on any atom is 0.0747 e. The molecule has 0 aromatic rings. The summed E-state index contributed by atoms with van der Waals surface area (Å²) in [5.41, 5.74) is 0. The van der Waals surface area contributed by atoms with Gasteiger partial charge in [0.15, 0.2) is 0 Å². The van der Waals surface area contributed by atoms with Gasteiger partial charge in [0.1, 0.15) is 0 Å². The number of hydrogen-bond donors (Lipinski definition) is 1. The molecule has 0 bridgehead atoms. The van der Waals surface area contributed by atoms with Crippen molar-refractivity contribution < 1.29 is 4.74 Å². The van der Waals surface area contributed by atoms with Gasteiger partial charge in [0.05, 0.1) is 6.10 Å². The van der Waals surface area contributed by atoms with Crippen LogP contribution in [-0.4, -0.2) is 25.8 Å². The molecule has 2 heteroatoms. The highest BCUT2D eigenvalue weighted by Gasteiger charge is 2.22. The van der Waals surface area contributed by atoms with Gasteiger partial charge in [-0.3, -0.25) is 0 Å². The Balaban J connectivity index is 4.02. The third-order valence-electron chi connectivity index (χ3n) is 3.16. The molecule has 0 aromatic carbocycles. The summed E-state index contributed by atoms with van der Waals surface area (Å²) in [6.45, 7) is 9.94. The zero-order valence-electron chi connectivity index (χ0n) is 11.9. The second-order valence-corrected chi connectivity index (χ2v) is 4.96. The molecule has 2 atom stereocenters. The summed E-state index contributed by atoms with van der Waals surface area (Å²) in [4.78, 5) is 0. The summed E-state index contributed by atoms with van der Waals surface area (Å²) >= 11 is 0. The highest BCUT2D eigenvalue weighted by Crippen LogP contribution is 2.16. The molecule has 0 aliphatic heterocycles. The highest BCUT2D eigenvalue weighted by atomic mass is 16.5. The smallest absolute Gasteiger partial charge is 0.0747 e. The average molecular weight is 229 g/mol. The fourth-order valence-electron chi connectivity index (χ4n) is 2.34. The predicted octanol–water partition coefficient (Wildman–Crippen LogP) is 3.61. The Morgan fingerprint density at radius 3 is 2.19 bits per heavy atom. The normalized spacial score (nSPS) is 15.4. The van der Waals surface area contributed by atoms with E-state index in [1.165, 1.54) is 32.1 Å². The Morgan fingerprint density at radius 1 is 1.06 bits per heavy atom. The van der Waals surface area contributed by atoms with Crippen molar-refractivity contribution in [3.05, 3.63) is 0 Å². The molecule has 0 heterocycles. The zero-order chi connectivity index (χ0) is 12.4. The van der Waals surface area contributed by atoms with Crippen LogP contribution >= 0.6 is 0 Å². The van der Waals surface area contributed by atoms with E-state index in [-0.39, 0.29) is 0 Å². The summed E-state index contributed by atoms with van der Waals surface area (Å²) in [5, 5.41) is 3.57. The Hall–Kier alpha value is -0.0800. The van der Waals surface area contributed by atoms with Crippen molar-refractivity contribution in [3.63, 3.8) is 0 Å². The average Bonchev–Trinajstić information content (AvgIpc) is 2.24. The fraction of sp³-hybridized carbons (Fsp3) is 1.00. The first-order chi connectivity index (χ1) is 7.67. The third kappa shape index (κ3) is 6.49. The van der Waals surface area contributed by atoms with Crippen molar-refractivity contribution in [1.82, 2.24) is 5.32 Å². The van der Waals surface area contributed by atoms with E-state index in [0.717, 1.165) is 6.54 Å². The largest absolute Gasteiger partial charge is 0.380 e. The second kappa shape index (κ2) is 10.1. The van der Waals surface area contributed by atoms with E-state index in [9.17, 15) is 0 Å². The van der Waals surface area contributed by atoms with Gasteiger partial charge in [-0.2, -0.15) is 0 Å².